The smallest absolute Gasteiger partial charge is 0.253 e. The average molecular weight is 351 g/mol. The molecule has 6 nitrogen and oxygen atoms in total. The molecule has 3 rings (SSSR count). The zero-order valence-corrected chi connectivity index (χ0v) is 14.6. The Labute approximate surface area is 152 Å². The van der Waals surface area contributed by atoms with Gasteiger partial charge < -0.3 is 15.5 Å². The van der Waals surface area contributed by atoms with Crippen molar-refractivity contribution < 1.29 is 14.4 Å². The Morgan fingerprint density at radius 3 is 2.46 bits per heavy atom. The first-order valence-corrected chi connectivity index (χ1v) is 8.59. The monoisotopic (exact) mass is 351 g/mol. The molecule has 0 aliphatic carbocycles. The second-order valence-corrected chi connectivity index (χ2v) is 6.17. The molecule has 6 heteroatoms. The largest absolute Gasteiger partial charge is 0.355 e. The molecule has 2 aromatic carbocycles. The second-order valence-electron chi connectivity index (χ2n) is 6.17. The molecule has 0 bridgehead atoms. The molecule has 2 N–H and O–H groups in total. The van der Waals surface area contributed by atoms with Gasteiger partial charge in [-0.05, 0) is 36.2 Å². The van der Waals surface area contributed by atoms with E-state index in [1.807, 2.05) is 24.3 Å². The van der Waals surface area contributed by atoms with Gasteiger partial charge in [-0.15, -0.1) is 0 Å². The fraction of sp³-hybridized carbons (Fsp3) is 0.250. The quantitative estimate of drug-likeness (QED) is 0.868. The fourth-order valence-corrected chi connectivity index (χ4v) is 3.02. The molecule has 0 unspecified atom stereocenters. The van der Waals surface area contributed by atoms with Gasteiger partial charge >= 0.3 is 0 Å². The van der Waals surface area contributed by atoms with E-state index in [4.69, 9.17) is 0 Å². The lowest BCUT2D eigenvalue weighted by Crippen LogP contribution is -2.23. The number of nitrogens with one attached hydrogen (secondary N) is 2. The van der Waals surface area contributed by atoms with E-state index < -0.39 is 0 Å². The van der Waals surface area contributed by atoms with Gasteiger partial charge in [0.2, 0.25) is 11.8 Å². The van der Waals surface area contributed by atoms with Gasteiger partial charge in [-0.3, -0.25) is 14.4 Å². The number of rotatable bonds is 5. The maximum atomic E-state index is 12.3. The minimum absolute atomic E-state index is 0.140. The molecular formula is C20H21N3O3. The van der Waals surface area contributed by atoms with Crippen molar-refractivity contribution in [3.63, 3.8) is 0 Å². The summed E-state index contributed by atoms with van der Waals surface area (Å²) >= 11 is 0. The van der Waals surface area contributed by atoms with Gasteiger partial charge in [0.15, 0.2) is 0 Å². The van der Waals surface area contributed by atoms with Crippen LogP contribution in [0.2, 0.25) is 0 Å². The van der Waals surface area contributed by atoms with Crippen LogP contribution in [0.4, 0.5) is 11.4 Å². The van der Waals surface area contributed by atoms with Crippen molar-refractivity contribution in [1.82, 2.24) is 5.32 Å². The molecule has 3 amide bonds. The zero-order valence-electron chi connectivity index (χ0n) is 14.6. The van der Waals surface area contributed by atoms with E-state index in [-0.39, 0.29) is 24.1 Å². The van der Waals surface area contributed by atoms with Gasteiger partial charge in [0.05, 0.1) is 17.7 Å². The normalized spacial score (nSPS) is 13.6. The first-order chi connectivity index (χ1) is 12.6. The van der Waals surface area contributed by atoms with Crippen LogP contribution in [0, 0.1) is 0 Å². The zero-order chi connectivity index (χ0) is 18.5. The molecule has 1 heterocycles. The molecule has 1 aliphatic heterocycles. The minimum atomic E-state index is -0.250. The fourth-order valence-electron chi connectivity index (χ4n) is 3.02. The molecule has 26 heavy (non-hydrogen) atoms. The van der Waals surface area contributed by atoms with E-state index in [9.17, 15) is 14.4 Å². The molecule has 1 aliphatic rings. The average Bonchev–Trinajstić information content (AvgIpc) is 3.08. The highest BCUT2D eigenvalue weighted by Crippen LogP contribution is 2.22. The van der Waals surface area contributed by atoms with Crippen molar-refractivity contribution in [2.75, 3.05) is 23.8 Å². The van der Waals surface area contributed by atoms with Gasteiger partial charge in [-0.2, -0.15) is 0 Å². The van der Waals surface area contributed by atoms with Gasteiger partial charge in [0.25, 0.3) is 5.91 Å². The maximum absolute atomic E-state index is 12.3. The van der Waals surface area contributed by atoms with Crippen LogP contribution in [0.3, 0.4) is 0 Å². The number of anilines is 2. The number of para-hydroxylation sites is 1. The third kappa shape index (κ3) is 3.91. The van der Waals surface area contributed by atoms with Crippen LogP contribution in [0.1, 0.15) is 28.8 Å². The van der Waals surface area contributed by atoms with E-state index in [1.165, 1.54) is 0 Å². The Hall–Kier alpha value is -3.15. The number of nitrogens with zero attached hydrogens (tertiary/aromatic N) is 1. The number of carbonyl (C=O) groups excluding carboxylic acids is 3. The van der Waals surface area contributed by atoms with Gasteiger partial charge in [0.1, 0.15) is 0 Å². The van der Waals surface area contributed by atoms with Crippen LogP contribution in [-0.4, -0.2) is 31.3 Å². The summed E-state index contributed by atoms with van der Waals surface area (Å²) in [6.45, 7) is 0.745. The third-order valence-electron chi connectivity index (χ3n) is 4.36. The number of hydrogen-bond acceptors (Lipinski definition) is 3. The van der Waals surface area contributed by atoms with Crippen LogP contribution in [0.15, 0.2) is 48.5 Å². The number of benzene rings is 2. The number of amides is 3. The SMILES string of the molecule is CNC(=O)c1ccccc1NC(=O)Cc1ccc(N2CCCC2=O)cc1. The van der Waals surface area contributed by atoms with E-state index >= 15 is 0 Å². The third-order valence-corrected chi connectivity index (χ3v) is 4.36. The summed E-state index contributed by atoms with van der Waals surface area (Å²) in [7, 11) is 1.55. The molecule has 2 aromatic rings. The first-order valence-electron chi connectivity index (χ1n) is 8.59. The number of hydrogen-bond donors (Lipinski definition) is 2. The van der Waals surface area contributed by atoms with Crippen LogP contribution in [0.25, 0.3) is 0 Å². The highest BCUT2D eigenvalue weighted by molar-refractivity contribution is 6.04. The van der Waals surface area contributed by atoms with E-state index in [0.717, 1.165) is 24.2 Å². The van der Waals surface area contributed by atoms with Crippen LogP contribution in [-0.2, 0) is 16.0 Å². The Morgan fingerprint density at radius 1 is 1.08 bits per heavy atom. The first kappa shape index (κ1) is 17.7. The van der Waals surface area contributed by atoms with Crippen molar-refractivity contribution in [2.24, 2.45) is 0 Å². The molecule has 0 saturated carbocycles. The van der Waals surface area contributed by atoms with Crippen LogP contribution < -0.4 is 15.5 Å². The summed E-state index contributed by atoms with van der Waals surface area (Å²) in [4.78, 5) is 37.7. The van der Waals surface area contributed by atoms with Gasteiger partial charge in [-0.25, -0.2) is 0 Å². The highest BCUT2D eigenvalue weighted by Gasteiger charge is 2.21. The lowest BCUT2D eigenvalue weighted by molar-refractivity contribution is -0.117. The van der Waals surface area contributed by atoms with E-state index in [0.29, 0.717) is 17.7 Å². The van der Waals surface area contributed by atoms with Crippen molar-refractivity contribution in [2.45, 2.75) is 19.3 Å². The van der Waals surface area contributed by atoms with Crippen molar-refractivity contribution in [3.05, 3.63) is 59.7 Å². The Balaban J connectivity index is 1.65. The molecular weight excluding hydrogens is 330 g/mol. The molecule has 0 aromatic heterocycles. The Kier molecular flexibility index (Phi) is 5.31. The molecule has 1 fully saturated rings. The van der Waals surface area contributed by atoms with E-state index in [1.54, 1.807) is 36.2 Å². The van der Waals surface area contributed by atoms with Crippen LogP contribution >= 0.6 is 0 Å². The van der Waals surface area contributed by atoms with Crippen molar-refractivity contribution in [1.29, 1.82) is 0 Å². The standard InChI is InChI=1S/C20H21N3O3/c1-21-20(26)16-5-2-3-6-17(16)22-18(24)13-14-8-10-15(11-9-14)23-12-4-7-19(23)25/h2-3,5-6,8-11H,4,7,12-13H2,1H3,(H,21,26)(H,22,24). The number of carbonyl (C=O) groups is 3. The molecule has 134 valence electrons. The predicted octanol–water partition coefficient (Wildman–Crippen LogP) is 2.35. The summed E-state index contributed by atoms with van der Waals surface area (Å²) in [6, 6.07) is 14.3. The van der Waals surface area contributed by atoms with Gasteiger partial charge in [-0.1, -0.05) is 24.3 Å². The molecule has 0 radical (unpaired) electrons. The van der Waals surface area contributed by atoms with E-state index in [2.05, 4.69) is 10.6 Å². The summed E-state index contributed by atoms with van der Waals surface area (Å²) in [5.74, 6) is -0.312. The summed E-state index contributed by atoms with van der Waals surface area (Å²) in [6.07, 6.45) is 1.67. The summed E-state index contributed by atoms with van der Waals surface area (Å²) < 4.78 is 0. The maximum Gasteiger partial charge on any atom is 0.253 e. The summed E-state index contributed by atoms with van der Waals surface area (Å²) in [5.41, 5.74) is 2.61. The topological polar surface area (TPSA) is 78.5 Å². The summed E-state index contributed by atoms with van der Waals surface area (Å²) in [5, 5.41) is 5.35. The lowest BCUT2D eigenvalue weighted by atomic mass is 10.1. The Bertz CT molecular complexity index is 830. The van der Waals surface area contributed by atoms with Crippen molar-refractivity contribution >= 4 is 29.1 Å². The predicted molar refractivity (Wildman–Crippen MR) is 100 cm³/mol. The Morgan fingerprint density at radius 2 is 1.81 bits per heavy atom. The highest BCUT2D eigenvalue weighted by atomic mass is 16.2. The van der Waals surface area contributed by atoms with Crippen molar-refractivity contribution in [3.8, 4) is 0 Å². The second kappa shape index (κ2) is 7.82. The molecule has 0 atom stereocenters. The van der Waals surface area contributed by atoms with Crippen LogP contribution in [0.5, 0.6) is 0 Å². The molecule has 1 saturated heterocycles. The van der Waals surface area contributed by atoms with Gasteiger partial charge in [0, 0.05) is 25.7 Å². The lowest BCUT2D eigenvalue weighted by Gasteiger charge is -2.16. The minimum Gasteiger partial charge on any atom is -0.355 e. The molecule has 0 spiro atoms.